The number of hydrogen-bond donors (Lipinski definition) is 0. The highest BCUT2D eigenvalue weighted by atomic mass is 16.5. The van der Waals surface area contributed by atoms with Gasteiger partial charge in [0.25, 0.3) is 0 Å². The Bertz CT molecular complexity index is 1320. The summed E-state index contributed by atoms with van der Waals surface area (Å²) in [5, 5.41) is 0. The zero-order valence-corrected chi connectivity index (χ0v) is 19.3. The van der Waals surface area contributed by atoms with E-state index in [9.17, 15) is 4.79 Å². The van der Waals surface area contributed by atoms with Crippen molar-refractivity contribution < 1.29 is 19.0 Å². The van der Waals surface area contributed by atoms with Gasteiger partial charge < -0.3 is 23.7 Å². The van der Waals surface area contributed by atoms with Crippen molar-refractivity contribution in [3.63, 3.8) is 0 Å². The first-order valence-electron chi connectivity index (χ1n) is 11.3. The number of rotatable bonds is 8. The second-order valence-corrected chi connectivity index (χ2v) is 8.24. The van der Waals surface area contributed by atoms with E-state index in [0.717, 1.165) is 39.8 Å². The maximum atomic E-state index is 13.0. The molecule has 1 fully saturated rings. The summed E-state index contributed by atoms with van der Waals surface area (Å²) in [6.45, 7) is 1.67. The standard InChI is InChI=1S/C27H27N3O4/c1-32-21-8-5-7-20(16-21)30-18-19(15-26(30)31)27-28-24-11-3-4-12-25(24)29(27)13-14-34-23-10-6-9-22(17-23)33-2/h3-12,16-17,19H,13-15,18H2,1-2H3. The molecule has 0 saturated carbocycles. The van der Waals surface area contributed by atoms with Crippen LogP contribution in [0, 0.1) is 0 Å². The number of carbonyl (C=O) groups excluding carboxylic acids is 1. The van der Waals surface area contributed by atoms with Gasteiger partial charge in [-0.05, 0) is 36.4 Å². The van der Waals surface area contributed by atoms with Crippen LogP contribution in [-0.4, -0.2) is 42.8 Å². The van der Waals surface area contributed by atoms with E-state index in [1.165, 1.54) is 0 Å². The molecule has 1 aliphatic rings. The Balaban J connectivity index is 1.39. The number of methoxy groups -OCH3 is 2. The molecule has 0 radical (unpaired) electrons. The molecule has 1 aliphatic heterocycles. The molecule has 1 saturated heterocycles. The summed E-state index contributed by atoms with van der Waals surface area (Å²) in [7, 11) is 3.27. The van der Waals surface area contributed by atoms with Gasteiger partial charge in [0.15, 0.2) is 0 Å². The molecule has 7 heteroatoms. The third kappa shape index (κ3) is 4.29. The van der Waals surface area contributed by atoms with Crippen molar-refractivity contribution >= 4 is 22.6 Å². The predicted molar refractivity (Wildman–Crippen MR) is 131 cm³/mol. The van der Waals surface area contributed by atoms with Crippen LogP contribution in [0.5, 0.6) is 17.2 Å². The molecule has 1 aromatic heterocycles. The number of amides is 1. The smallest absolute Gasteiger partial charge is 0.227 e. The minimum Gasteiger partial charge on any atom is -0.497 e. The van der Waals surface area contributed by atoms with Gasteiger partial charge in [-0.1, -0.05) is 24.3 Å². The van der Waals surface area contributed by atoms with Crippen molar-refractivity contribution in [2.45, 2.75) is 18.9 Å². The molecule has 1 atom stereocenters. The number of benzene rings is 3. The number of nitrogens with zero attached hydrogens (tertiary/aromatic N) is 3. The molecule has 0 aliphatic carbocycles. The van der Waals surface area contributed by atoms with Crippen LogP contribution in [0.25, 0.3) is 11.0 Å². The van der Waals surface area contributed by atoms with Crippen LogP contribution in [0.4, 0.5) is 5.69 Å². The lowest BCUT2D eigenvalue weighted by molar-refractivity contribution is -0.117. The molecule has 0 N–H and O–H groups in total. The summed E-state index contributed by atoms with van der Waals surface area (Å²) in [4.78, 5) is 19.7. The van der Waals surface area contributed by atoms with Crippen LogP contribution in [-0.2, 0) is 11.3 Å². The predicted octanol–water partition coefficient (Wildman–Crippen LogP) is 4.65. The molecular weight excluding hydrogens is 430 g/mol. The third-order valence-electron chi connectivity index (χ3n) is 6.16. The Labute approximate surface area is 198 Å². The van der Waals surface area contributed by atoms with Crippen molar-refractivity contribution in [1.82, 2.24) is 9.55 Å². The Kier molecular flexibility index (Phi) is 6.08. The zero-order valence-electron chi connectivity index (χ0n) is 19.3. The number of fused-ring (bicyclic) bond motifs is 1. The number of para-hydroxylation sites is 2. The molecule has 1 unspecified atom stereocenters. The van der Waals surface area contributed by atoms with Crippen molar-refractivity contribution in [1.29, 1.82) is 0 Å². The highest BCUT2D eigenvalue weighted by Gasteiger charge is 2.35. The fourth-order valence-corrected chi connectivity index (χ4v) is 4.50. The molecule has 174 valence electrons. The van der Waals surface area contributed by atoms with Crippen molar-refractivity contribution in [3.05, 3.63) is 78.6 Å². The van der Waals surface area contributed by atoms with E-state index in [-0.39, 0.29) is 11.8 Å². The number of imidazole rings is 1. The van der Waals surface area contributed by atoms with E-state index >= 15 is 0 Å². The molecule has 7 nitrogen and oxygen atoms in total. The average molecular weight is 458 g/mol. The Morgan fingerprint density at radius 1 is 0.912 bits per heavy atom. The number of aromatic nitrogens is 2. The van der Waals surface area contributed by atoms with Gasteiger partial charge in [-0.25, -0.2) is 4.98 Å². The molecule has 0 bridgehead atoms. The molecular formula is C27H27N3O4. The minimum absolute atomic E-state index is 0.0112. The summed E-state index contributed by atoms with van der Waals surface area (Å²) >= 11 is 0. The van der Waals surface area contributed by atoms with Gasteiger partial charge >= 0.3 is 0 Å². The first-order chi connectivity index (χ1) is 16.7. The van der Waals surface area contributed by atoms with Crippen molar-refractivity contribution in [2.75, 3.05) is 32.3 Å². The van der Waals surface area contributed by atoms with Gasteiger partial charge in [0.2, 0.25) is 5.91 Å². The van der Waals surface area contributed by atoms with Crippen LogP contribution in [0.2, 0.25) is 0 Å². The maximum absolute atomic E-state index is 13.0. The van der Waals surface area contributed by atoms with Gasteiger partial charge in [0, 0.05) is 36.7 Å². The summed E-state index contributed by atoms with van der Waals surface area (Å²) in [6, 6.07) is 23.3. The van der Waals surface area contributed by atoms with Crippen molar-refractivity contribution in [2.24, 2.45) is 0 Å². The SMILES string of the molecule is COc1cccc(OCCn2c(C3CC(=O)N(c4cccc(OC)c4)C3)nc3ccccc32)c1. The normalized spacial score (nSPS) is 15.6. The highest BCUT2D eigenvalue weighted by Crippen LogP contribution is 2.34. The molecule has 1 amide bonds. The van der Waals surface area contributed by atoms with Gasteiger partial charge in [0.1, 0.15) is 29.7 Å². The van der Waals surface area contributed by atoms with Crippen LogP contribution < -0.4 is 19.1 Å². The summed E-state index contributed by atoms with van der Waals surface area (Å²) in [5.41, 5.74) is 2.81. The fraction of sp³-hybridized carbons (Fsp3) is 0.259. The lowest BCUT2D eigenvalue weighted by Gasteiger charge is -2.18. The number of anilines is 1. The highest BCUT2D eigenvalue weighted by molar-refractivity contribution is 5.96. The minimum atomic E-state index is -0.0112. The molecule has 3 aromatic carbocycles. The van der Waals surface area contributed by atoms with Crippen LogP contribution in [0.3, 0.4) is 0 Å². The Hall–Kier alpha value is -4.00. The Morgan fingerprint density at radius 3 is 2.47 bits per heavy atom. The van der Waals surface area contributed by atoms with Crippen LogP contribution >= 0.6 is 0 Å². The zero-order chi connectivity index (χ0) is 23.5. The molecule has 4 aromatic rings. The van der Waals surface area contributed by atoms with Gasteiger partial charge in [-0.15, -0.1) is 0 Å². The largest absolute Gasteiger partial charge is 0.497 e. The maximum Gasteiger partial charge on any atom is 0.227 e. The van der Waals surface area contributed by atoms with Gasteiger partial charge in [0.05, 0.1) is 31.8 Å². The topological polar surface area (TPSA) is 65.8 Å². The van der Waals surface area contributed by atoms with Crippen LogP contribution in [0.15, 0.2) is 72.8 Å². The quantitative estimate of drug-likeness (QED) is 0.385. The number of ether oxygens (including phenoxy) is 3. The van der Waals surface area contributed by atoms with Gasteiger partial charge in [-0.3, -0.25) is 4.79 Å². The summed E-state index contributed by atoms with van der Waals surface area (Å²) < 4.78 is 18.8. The molecule has 0 spiro atoms. The van der Waals surface area contributed by atoms with E-state index in [4.69, 9.17) is 19.2 Å². The van der Waals surface area contributed by atoms with Crippen molar-refractivity contribution in [3.8, 4) is 17.2 Å². The van der Waals surface area contributed by atoms with E-state index in [0.29, 0.717) is 26.1 Å². The van der Waals surface area contributed by atoms with Crippen LogP contribution in [0.1, 0.15) is 18.2 Å². The second kappa shape index (κ2) is 9.47. The van der Waals surface area contributed by atoms with E-state index in [2.05, 4.69) is 10.6 Å². The molecule has 5 rings (SSSR count). The lowest BCUT2D eigenvalue weighted by atomic mass is 10.1. The molecule has 2 heterocycles. The average Bonchev–Trinajstić information content (AvgIpc) is 3.45. The first kappa shape index (κ1) is 21.8. The number of hydrogen-bond acceptors (Lipinski definition) is 5. The lowest BCUT2D eigenvalue weighted by Crippen LogP contribution is -2.24. The molecule has 34 heavy (non-hydrogen) atoms. The van der Waals surface area contributed by atoms with E-state index in [1.807, 2.05) is 71.6 Å². The van der Waals surface area contributed by atoms with Gasteiger partial charge in [-0.2, -0.15) is 0 Å². The first-order valence-corrected chi connectivity index (χ1v) is 11.3. The van der Waals surface area contributed by atoms with E-state index in [1.54, 1.807) is 14.2 Å². The third-order valence-corrected chi connectivity index (χ3v) is 6.16. The summed E-state index contributed by atoms with van der Waals surface area (Å²) in [5.74, 6) is 3.23. The monoisotopic (exact) mass is 457 g/mol. The number of carbonyl (C=O) groups is 1. The second-order valence-electron chi connectivity index (χ2n) is 8.24. The fourth-order valence-electron chi connectivity index (χ4n) is 4.50. The van der Waals surface area contributed by atoms with E-state index < -0.39 is 0 Å². The Morgan fingerprint density at radius 2 is 1.65 bits per heavy atom. The summed E-state index contributed by atoms with van der Waals surface area (Å²) in [6.07, 6.45) is 0.414.